The van der Waals surface area contributed by atoms with Crippen LogP contribution in [0.15, 0.2) is 48.5 Å². The summed E-state index contributed by atoms with van der Waals surface area (Å²) in [7, 11) is 0. The average Bonchev–Trinajstić information content (AvgIpc) is 2.97. The number of rotatable bonds is 5. The number of para-hydroxylation sites is 1. The number of halogens is 1. The summed E-state index contributed by atoms with van der Waals surface area (Å²) >= 11 is 7.48. The molecule has 3 aromatic rings. The molecule has 1 aromatic heterocycles. The van der Waals surface area contributed by atoms with E-state index in [0.717, 1.165) is 20.8 Å². The first-order chi connectivity index (χ1) is 11.5. The third-order valence-electron chi connectivity index (χ3n) is 3.83. The van der Waals surface area contributed by atoms with Crippen LogP contribution >= 0.6 is 22.9 Å². The quantitative estimate of drug-likeness (QED) is 0.570. The SMILES string of the molecule is CC(C)[C@H](C(=O)OCc1nc2ccccc2s1)c1ccc(Cl)cc1. The Morgan fingerprint density at radius 3 is 2.54 bits per heavy atom. The summed E-state index contributed by atoms with van der Waals surface area (Å²) in [6.07, 6.45) is 0. The number of thiazole rings is 1. The maximum atomic E-state index is 12.6. The van der Waals surface area contributed by atoms with Gasteiger partial charge in [-0.25, -0.2) is 4.98 Å². The Morgan fingerprint density at radius 1 is 1.17 bits per heavy atom. The fraction of sp³-hybridized carbons (Fsp3) is 0.263. The molecule has 0 aliphatic rings. The first-order valence-electron chi connectivity index (χ1n) is 7.81. The maximum Gasteiger partial charge on any atom is 0.314 e. The van der Waals surface area contributed by atoms with Gasteiger partial charge in [0.1, 0.15) is 11.6 Å². The van der Waals surface area contributed by atoms with E-state index in [1.165, 1.54) is 0 Å². The lowest BCUT2D eigenvalue weighted by molar-refractivity contribution is -0.148. The Balaban J connectivity index is 1.72. The monoisotopic (exact) mass is 359 g/mol. The van der Waals surface area contributed by atoms with Gasteiger partial charge < -0.3 is 4.74 Å². The highest BCUT2D eigenvalue weighted by atomic mass is 35.5. The van der Waals surface area contributed by atoms with Crippen molar-refractivity contribution in [2.24, 2.45) is 5.92 Å². The van der Waals surface area contributed by atoms with Crippen LogP contribution in [0, 0.1) is 5.92 Å². The number of hydrogen-bond donors (Lipinski definition) is 0. The van der Waals surface area contributed by atoms with E-state index in [1.54, 1.807) is 23.5 Å². The molecule has 0 saturated heterocycles. The largest absolute Gasteiger partial charge is 0.458 e. The zero-order valence-electron chi connectivity index (χ0n) is 13.5. The van der Waals surface area contributed by atoms with Crippen molar-refractivity contribution in [1.82, 2.24) is 4.98 Å². The number of benzene rings is 2. The standard InChI is InChI=1S/C19H18ClNO2S/c1-12(2)18(13-7-9-14(20)10-8-13)19(22)23-11-17-21-15-5-3-4-6-16(15)24-17/h3-10,12,18H,11H2,1-2H3/t18-/m0/s1. The van der Waals surface area contributed by atoms with Crippen LogP contribution in [0.2, 0.25) is 5.02 Å². The normalized spacial score (nSPS) is 12.5. The van der Waals surface area contributed by atoms with Crippen molar-refractivity contribution in [1.29, 1.82) is 0 Å². The molecular formula is C19H18ClNO2S. The van der Waals surface area contributed by atoms with Crippen LogP contribution in [0.4, 0.5) is 0 Å². The van der Waals surface area contributed by atoms with Crippen LogP contribution in [0.1, 0.15) is 30.3 Å². The molecule has 0 spiro atoms. The van der Waals surface area contributed by atoms with Gasteiger partial charge in [0.05, 0.1) is 16.1 Å². The molecule has 3 nitrogen and oxygen atoms in total. The van der Waals surface area contributed by atoms with E-state index in [4.69, 9.17) is 16.3 Å². The molecule has 2 aromatic carbocycles. The second-order valence-corrected chi connectivity index (χ2v) is 7.51. The van der Waals surface area contributed by atoms with E-state index < -0.39 is 0 Å². The van der Waals surface area contributed by atoms with E-state index in [1.807, 2.05) is 50.2 Å². The molecule has 1 atom stereocenters. The lowest BCUT2D eigenvalue weighted by Crippen LogP contribution is -2.20. The third-order valence-corrected chi connectivity index (χ3v) is 5.09. The molecule has 24 heavy (non-hydrogen) atoms. The van der Waals surface area contributed by atoms with Crippen LogP contribution in [-0.2, 0) is 16.1 Å². The molecule has 0 unspecified atom stereocenters. The van der Waals surface area contributed by atoms with Crippen LogP contribution in [-0.4, -0.2) is 11.0 Å². The molecule has 1 heterocycles. The van der Waals surface area contributed by atoms with Gasteiger partial charge in [0.2, 0.25) is 0 Å². The van der Waals surface area contributed by atoms with E-state index >= 15 is 0 Å². The number of aromatic nitrogens is 1. The number of fused-ring (bicyclic) bond motifs is 1. The summed E-state index contributed by atoms with van der Waals surface area (Å²) in [5.74, 6) is -0.405. The smallest absolute Gasteiger partial charge is 0.314 e. The number of ether oxygens (including phenoxy) is 1. The fourth-order valence-corrected chi connectivity index (χ4v) is 3.67. The predicted octanol–water partition coefficient (Wildman–Crippen LogP) is 5.43. The highest BCUT2D eigenvalue weighted by molar-refractivity contribution is 7.18. The van der Waals surface area contributed by atoms with Gasteiger partial charge in [-0.1, -0.05) is 49.7 Å². The Morgan fingerprint density at radius 2 is 1.88 bits per heavy atom. The number of carbonyl (C=O) groups excluding carboxylic acids is 1. The van der Waals surface area contributed by atoms with Gasteiger partial charge >= 0.3 is 5.97 Å². The number of hydrogen-bond acceptors (Lipinski definition) is 4. The van der Waals surface area contributed by atoms with Crippen molar-refractivity contribution in [2.45, 2.75) is 26.4 Å². The first kappa shape index (κ1) is 16.9. The Hall–Kier alpha value is -1.91. The highest BCUT2D eigenvalue weighted by Gasteiger charge is 2.26. The molecule has 0 radical (unpaired) electrons. The zero-order valence-corrected chi connectivity index (χ0v) is 15.1. The van der Waals surface area contributed by atoms with E-state index in [0.29, 0.717) is 5.02 Å². The number of nitrogens with zero attached hydrogens (tertiary/aromatic N) is 1. The second-order valence-electron chi connectivity index (χ2n) is 5.96. The minimum Gasteiger partial charge on any atom is -0.458 e. The van der Waals surface area contributed by atoms with Crippen molar-refractivity contribution < 1.29 is 9.53 Å². The van der Waals surface area contributed by atoms with E-state index in [9.17, 15) is 4.79 Å². The highest BCUT2D eigenvalue weighted by Crippen LogP contribution is 2.28. The van der Waals surface area contributed by atoms with Gasteiger partial charge in [-0.15, -0.1) is 11.3 Å². The van der Waals surface area contributed by atoms with Crippen LogP contribution in [0.5, 0.6) is 0 Å². The zero-order chi connectivity index (χ0) is 17.1. The lowest BCUT2D eigenvalue weighted by atomic mass is 9.88. The molecule has 0 N–H and O–H groups in total. The van der Waals surface area contributed by atoms with Crippen LogP contribution < -0.4 is 0 Å². The molecule has 3 rings (SSSR count). The fourth-order valence-electron chi connectivity index (χ4n) is 2.67. The van der Waals surface area contributed by atoms with Crippen LogP contribution in [0.25, 0.3) is 10.2 Å². The summed E-state index contributed by atoms with van der Waals surface area (Å²) in [6.45, 7) is 4.23. The summed E-state index contributed by atoms with van der Waals surface area (Å²) in [4.78, 5) is 17.1. The van der Waals surface area contributed by atoms with Gasteiger partial charge in [0, 0.05) is 5.02 Å². The Kier molecular flexibility index (Phi) is 5.17. The van der Waals surface area contributed by atoms with Crippen molar-refractivity contribution in [3.05, 3.63) is 64.1 Å². The lowest BCUT2D eigenvalue weighted by Gasteiger charge is -2.19. The predicted molar refractivity (Wildman–Crippen MR) is 98.4 cm³/mol. The van der Waals surface area contributed by atoms with Gasteiger partial charge in [0.25, 0.3) is 0 Å². The van der Waals surface area contributed by atoms with Crippen LogP contribution in [0.3, 0.4) is 0 Å². The Labute approximate surface area is 150 Å². The molecule has 0 aliphatic heterocycles. The average molecular weight is 360 g/mol. The topological polar surface area (TPSA) is 39.2 Å². The van der Waals surface area contributed by atoms with E-state index in [2.05, 4.69) is 4.98 Å². The van der Waals surface area contributed by atoms with Crippen molar-refractivity contribution in [3.63, 3.8) is 0 Å². The third kappa shape index (κ3) is 3.77. The molecule has 5 heteroatoms. The van der Waals surface area contributed by atoms with Crippen molar-refractivity contribution >= 4 is 39.1 Å². The van der Waals surface area contributed by atoms with E-state index in [-0.39, 0.29) is 24.4 Å². The molecule has 124 valence electrons. The summed E-state index contributed by atoms with van der Waals surface area (Å²) in [5, 5.41) is 1.47. The minimum atomic E-state index is -0.309. The van der Waals surface area contributed by atoms with Crippen molar-refractivity contribution in [2.75, 3.05) is 0 Å². The maximum absolute atomic E-state index is 12.6. The minimum absolute atomic E-state index is 0.133. The Bertz CT molecular complexity index is 809. The van der Waals surface area contributed by atoms with Crippen molar-refractivity contribution in [3.8, 4) is 0 Å². The van der Waals surface area contributed by atoms with Gasteiger partial charge in [-0.2, -0.15) is 0 Å². The number of esters is 1. The number of carbonyl (C=O) groups is 1. The summed E-state index contributed by atoms with van der Waals surface area (Å²) < 4.78 is 6.64. The van der Waals surface area contributed by atoms with Gasteiger partial charge in [0.15, 0.2) is 0 Å². The molecule has 0 aliphatic carbocycles. The summed E-state index contributed by atoms with van der Waals surface area (Å²) in [6, 6.07) is 15.3. The first-order valence-corrected chi connectivity index (χ1v) is 9.00. The van der Waals surface area contributed by atoms with Gasteiger partial charge in [-0.05, 0) is 35.7 Å². The molecule has 0 fully saturated rings. The molecule has 0 saturated carbocycles. The second kappa shape index (κ2) is 7.32. The summed E-state index contributed by atoms with van der Waals surface area (Å²) in [5.41, 5.74) is 1.86. The van der Waals surface area contributed by atoms with Gasteiger partial charge in [-0.3, -0.25) is 4.79 Å². The molecule has 0 bridgehead atoms. The molecule has 0 amide bonds. The molecular weight excluding hydrogens is 342 g/mol.